The van der Waals surface area contributed by atoms with Gasteiger partial charge < -0.3 is 24.0 Å². The SMILES string of the molecule is CC(C)(C)c1cc(COC(=O)C(N(C=O)Cc2ccccc2)N2C(=O)C(N3C(=O)C(OC(=O)c4ccccc4)C(OC(=O)c4ccccc4)C3=O)C2CCc2ccncn2)ccc1Cl. The lowest BCUT2D eigenvalue weighted by atomic mass is 9.86. The Labute approximate surface area is 373 Å². The third kappa shape index (κ3) is 9.69. The van der Waals surface area contributed by atoms with Crippen molar-refractivity contribution in [3.63, 3.8) is 0 Å². The Morgan fingerprint density at radius 3 is 1.89 bits per heavy atom. The second-order valence-corrected chi connectivity index (χ2v) is 16.6. The van der Waals surface area contributed by atoms with E-state index >= 15 is 0 Å². The number of aromatic nitrogens is 2. The Kier molecular flexibility index (Phi) is 13.6. The third-order valence-corrected chi connectivity index (χ3v) is 11.3. The van der Waals surface area contributed by atoms with Crippen LogP contribution in [0.25, 0.3) is 0 Å². The number of esters is 3. The first kappa shape index (κ1) is 44.8. The minimum Gasteiger partial charge on any atom is -0.458 e. The summed E-state index contributed by atoms with van der Waals surface area (Å²) in [4.78, 5) is 109. The third-order valence-electron chi connectivity index (χ3n) is 10.9. The van der Waals surface area contributed by atoms with E-state index in [0.29, 0.717) is 33.2 Å². The first-order valence-corrected chi connectivity index (χ1v) is 20.8. The Morgan fingerprint density at radius 2 is 1.36 bits per heavy atom. The minimum absolute atomic E-state index is 0.00135. The van der Waals surface area contributed by atoms with E-state index in [1.54, 1.807) is 84.9 Å². The Hall–Kier alpha value is -7.26. The van der Waals surface area contributed by atoms with E-state index in [2.05, 4.69) is 9.97 Å². The van der Waals surface area contributed by atoms with Crippen molar-refractivity contribution in [3.05, 3.63) is 166 Å². The predicted octanol–water partition coefficient (Wildman–Crippen LogP) is 5.49. The maximum absolute atomic E-state index is 14.8. The number of nitrogens with zero attached hydrogens (tertiary/aromatic N) is 5. The number of benzene rings is 4. The highest BCUT2D eigenvalue weighted by Gasteiger charge is 2.64. The van der Waals surface area contributed by atoms with E-state index < -0.39 is 66.1 Å². The molecule has 1 aromatic heterocycles. The van der Waals surface area contributed by atoms with Gasteiger partial charge in [-0.3, -0.25) is 24.1 Å². The van der Waals surface area contributed by atoms with Crippen LogP contribution in [0.2, 0.25) is 5.02 Å². The van der Waals surface area contributed by atoms with Crippen molar-refractivity contribution in [1.29, 1.82) is 0 Å². The summed E-state index contributed by atoms with van der Waals surface area (Å²) in [6, 6.07) is 28.2. The van der Waals surface area contributed by atoms with Crippen molar-refractivity contribution in [1.82, 2.24) is 24.7 Å². The number of halogens is 1. The molecular formula is C48H44ClN5O10. The second-order valence-electron chi connectivity index (χ2n) is 16.2. The summed E-state index contributed by atoms with van der Waals surface area (Å²) in [6.45, 7) is 5.57. The van der Waals surface area contributed by atoms with E-state index in [-0.39, 0.29) is 42.5 Å². The van der Waals surface area contributed by atoms with Gasteiger partial charge in [-0.15, -0.1) is 0 Å². The van der Waals surface area contributed by atoms with Crippen molar-refractivity contribution in [2.75, 3.05) is 0 Å². The van der Waals surface area contributed by atoms with Crippen molar-refractivity contribution < 1.29 is 47.8 Å². The molecule has 2 saturated heterocycles. The molecule has 4 aromatic carbocycles. The molecule has 0 bridgehead atoms. The van der Waals surface area contributed by atoms with Gasteiger partial charge in [-0.25, -0.2) is 24.4 Å². The van der Waals surface area contributed by atoms with E-state index in [9.17, 15) is 33.6 Å². The van der Waals surface area contributed by atoms with Crippen LogP contribution in [-0.2, 0) is 63.2 Å². The summed E-state index contributed by atoms with van der Waals surface area (Å²) in [5.41, 5.74) is 2.30. The Bertz CT molecular complexity index is 2450. The molecule has 16 heteroatoms. The van der Waals surface area contributed by atoms with Crippen LogP contribution in [0.1, 0.15) is 70.3 Å². The molecule has 2 fully saturated rings. The van der Waals surface area contributed by atoms with Gasteiger partial charge in [0, 0.05) is 23.5 Å². The van der Waals surface area contributed by atoms with E-state index in [4.69, 9.17) is 25.8 Å². The minimum atomic E-state index is -1.99. The molecule has 0 radical (unpaired) electrons. The summed E-state index contributed by atoms with van der Waals surface area (Å²) < 4.78 is 17.1. The molecule has 2 aliphatic rings. The predicted molar refractivity (Wildman–Crippen MR) is 230 cm³/mol. The zero-order chi connectivity index (χ0) is 45.5. The molecule has 5 aromatic rings. The molecule has 3 heterocycles. The number of hydrogen-bond acceptors (Lipinski definition) is 12. The second kappa shape index (κ2) is 19.4. The van der Waals surface area contributed by atoms with Crippen LogP contribution in [0.5, 0.6) is 0 Å². The van der Waals surface area contributed by atoms with E-state index in [0.717, 1.165) is 15.4 Å². The standard InChI is InChI=1S/C48H44ClN5O10/c1-48(2,3)35-25-31(19-21-36(35)49)27-62-47(61)41(52(29-55)26-30-13-7-4-8-14-30)53-37(22-20-34-23-24-50-28-51-34)38(42(53)56)54-43(57)39(63-45(59)32-15-9-5-10-16-32)40(44(54)58)64-46(60)33-17-11-6-12-18-33/h4-19,21,23-25,28-29,37-41H,20,22,26-27H2,1-3H3. The van der Waals surface area contributed by atoms with Crippen molar-refractivity contribution in [3.8, 4) is 0 Å². The van der Waals surface area contributed by atoms with Gasteiger partial charge in [0.15, 0.2) is 0 Å². The average Bonchev–Trinajstić information content (AvgIpc) is 3.52. The largest absolute Gasteiger partial charge is 0.458 e. The van der Waals surface area contributed by atoms with Crippen LogP contribution in [0.4, 0.5) is 0 Å². The zero-order valence-electron chi connectivity index (χ0n) is 35.1. The molecule has 328 valence electrons. The number of β-lactam (4-membered cyclic amide) rings is 1. The summed E-state index contributed by atoms with van der Waals surface area (Å²) in [5.74, 6) is -6.11. The topological polar surface area (TPSA) is 183 Å². The number of amides is 4. The van der Waals surface area contributed by atoms with Gasteiger partial charge in [0.05, 0.1) is 17.2 Å². The number of hydrogen-bond donors (Lipinski definition) is 0. The molecule has 0 saturated carbocycles. The molecule has 5 atom stereocenters. The number of carbonyl (C=O) groups excluding carboxylic acids is 7. The summed E-state index contributed by atoms with van der Waals surface area (Å²) in [7, 11) is 0. The molecule has 64 heavy (non-hydrogen) atoms. The number of ether oxygens (including phenoxy) is 3. The highest BCUT2D eigenvalue weighted by Crippen LogP contribution is 2.37. The van der Waals surface area contributed by atoms with E-state index in [1.807, 2.05) is 26.8 Å². The fraction of sp³-hybridized carbons (Fsp3) is 0.271. The lowest BCUT2D eigenvalue weighted by Crippen LogP contribution is -2.77. The van der Waals surface area contributed by atoms with Crippen LogP contribution < -0.4 is 0 Å². The van der Waals surface area contributed by atoms with Gasteiger partial charge in [-0.05, 0) is 71.3 Å². The molecule has 2 aliphatic heterocycles. The van der Waals surface area contributed by atoms with Crippen molar-refractivity contribution in [2.45, 2.75) is 82.6 Å². The van der Waals surface area contributed by atoms with Crippen LogP contribution >= 0.6 is 11.6 Å². The van der Waals surface area contributed by atoms with Crippen molar-refractivity contribution >= 4 is 53.6 Å². The van der Waals surface area contributed by atoms with Crippen LogP contribution in [0.15, 0.2) is 128 Å². The number of imide groups is 1. The first-order chi connectivity index (χ1) is 30.8. The van der Waals surface area contributed by atoms with Crippen LogP contribution in [0, 0.1) is 0 Å². The fourth-order valence-corrected chi connectivity index (χ4v) is 8.10. The highest BCUT2D eigenvalue weighted by molar-refractivity contribution is 6.31. The molecular weight excluding hydrogens is 842 g/mol. The van der Waals surface area contributed by atoms with Gasteiger partial charge in [0.25, 0.3) is 11.8 Å². The normalized spacial score (nSPS) is 18.8. The summed E-state index contributed by atoms with van der Waals surface area (Å²) in [5, 5.41) is 0.527. The quantitative estimate of drug-likeness (QED) is 0.0400. The molecule has 0 spiro atoms. The van der Waals surface area contributed by atoms with Gasteiger partial charge >= 0.3 is 17.9 Å². The van der Waals surface area contributed by atoms with Crippen LogP contribution in [-0.4, -0.2) is 97.2 Å². The summed E-state index contributed by atoms with van der Waals surface area (Å²) >= 11 is 6.51. The molecule has 0 N–H and O–H groups in total. The number of carbonyl (C=O) groups is 7. The van der Waals surface area contributed by atoms with Gasteiger partial charge in [0.2, 0.25) is 30.7 Å². The van der Waals surface area contributed by atoms with E-state index in [1.165, 1.54) is 36.8 Å². The lowest BCUT2D eigenvalue weighted by molar-refractivity contribution is -0.190. The summed E-state index contributed by atoms with van der Waals surface area (Å²) in [6.07, 6.45) is -2.24. The Morgan fingerprint density at radius 1 is 0.781 bits per heavy atom. The highest BCUT2D eigenvalue weighted by atomic mass is 35.5. The van der Waals surface area contributed by atoms with Gasteiger partial charge in [-0.2, -0.15) is 0 Å². The maximum atomic E-state index is 14.8. The monoisotopic (exact) mass is 885 g/mol. The molecule has 4 amide bonds. The number of rotatable bonds is 16. The smallest absolute Gasteiger partial charge is 0.350 e. The van der Waals surface area contributed by atoms with Crippen LogP contribution in [0.3, 0.4) is 0 Å². The molecule has 7 rings (SSSR count). The molecule has 0 aliphatic carbocycles. The zero-order valence-corrected chi connectivity index (χ0v) is 35.9. The molecule has 5 unspecified atom stereocenters. The first-order valence-electron chi connectivity index (χ1n) is 20.4. The average molecular weight is 886 g/mol. The van der Waals surface area contributed by atoms with Gasteiger partial charge in [0.1, 0.15) is 19.0 Å². The number of aryl methyl sites for hydroxylation is 1. The maximum Gasteiger partial charge on any atom is 0.350 e. The fourth-order valence-electron chi connectivity index (χ4n) is 7.70. The Balaban J connectivity index is 1.25. The van der Waals surface area contributed by atoms with Gasteiger partial charge in [-0.1, -0.05) is 111 Å². The number of likely N-dealkylation sites (tertiary alicyclic amines) is 2. The molecule has 15 nitrogen and oxygen atoms in total. The van der Waals surface area contributed by atoms with Crippen molar-refractivity contribution in [2.24, 2.45) is 0 Å². The lowest BCUT2D eigenvalue weighted by Gasteiger charge is -2.53.